The largest absolute Gasteiger partial charge is 0.393 e. The molecule has 0 atom stereocenters. The maximum Gasteiger partial charge on any atom is 0.328 e. The quantitative estimate of drug-likeness (QED) is 0.603. The predicted octanol–water partition coefficient (Wildman–Crippen LogP) is 1.44. The van der Waals surface area contributed by atoms with E-state index in [1.165, 1.54) is 0 Å². The van der Waals surface area contributed by atoms with Gasteiger partial charge in [0.25, 0.3) is 0 Å². The van der Waals surface area contributed by atoms with Gasteiger partial charge in [-0.2, -0.15) is 0 Å². The summed E-state index contributed by atoms with van der Waals surface area (Å²) < 4.78 is 3.62. The summed E-state index contributed by atoms with van der Waals surface area (Å²) in [5, 5.41) is 0. The first-order valence-electron chi connectivity index (χ1n) is 5.74. The molecule has 4 nitrogen and oxygen atoms in total. The van der Waals surface area contributed by atoms with Crippen LogP contribution in [0, 0.1) is 0 Å². The molecule has 1 aliphatic rings. The molecule has 1 fully saturated rings. The highest BCUT2D eigenvalue weighted by Crippen LogP contribution is 2.33. The molecule has 0 spiro atoms. The van der Waals surface area contributed by atoms with Crippen LogP contribution in [0.5, 0.6) is 0 Å². The van der Waals surface area contributed by atoms with Gasteiger partial charge >= 0.3 is 5.69 Å². The Balaban J connectivity index is 1.85. The summed E-state index contributed by atoms with van der Waals surface area (Å²) in [6, 6.07) is 0.463. The maximum atomic E-state index is 11.9. The molecule has 2 rings (SSSR count). The van der Waals surface area contributed by atoms with E-state index in [2.05, 4.69) is 0 Å². The third-order valence-corrected chi connectivity index (χ3v) is 3.09. The van der Waals surface area contributed by atoms with Gasteiger partial charge in [0.15, 0.2) is 0 Å². The number of rotatable bonds is 6. The van der Waals surface area contributed by atoms with Gasteiger partial charge in [-0.25, -0.2) is 4.79 Å². The zero-order valence-corrected chi connectivity index (χ0v) is 10.1. The number of hydrogen-bond donors (Lipinski definition) is 1. The number of aromatic nitrogens is 2. The Morgan fingerprint density at radius 1 is 1.44 bits per heavy atom. The fraction of sp³-hybridized carbons (Fsp3) is 0.636. The van der Waals surface area contributed by atoms with Gasteiger partial charge in [0, 0.05) is 25.0 Å². The van der Waals surface area contributed by atoms with Crippen molar-refractivity contribution in [1.82, 2.24) is 9.13 Å². The first-order chi connectivity index (χ1) is 7.68. The standard InChI is InChI=1S/C11H17N3OS/c12-10(16)3-1-2-6-13-7-8-14(11(13)15)9-4-5-9/h7-9H,1-6H2,(H2,12,16). The normalized spacial score (nSPS) is 15.2. The Morgan fingerprint density at radius 2 is 2.19 bits per heavy atom. The van der Waals surface area contributed by atoms with E-state index < -0.39 is 0 Å². The molecular weight excluding hydrogens is 222 g/mol. The van der Waals surface area contributed by atoms with Crippen LogP contribution in [0.4, 0.5) is 0 Å². The van der Waals surface area contributed by atoms with Crippen LogP contribution in [0.15, 0.2) is 17.2 Å². The van der Waals surface area contributed by atoms with E-state index in [1.807, 2.05) is 17.0 Å². The monoisotopic (exact) mass is 239 g/mol. The fourth-order valence-electron chi connectivity index (χ4n) is 1.81. The van der Waals surface area contributed by atoms with Crippen molar-refractivity contribution in [3.8, 4) is 0 Å². The van der Waals surface area contributed by atoms with E-state index in [0.717, 1.165) is 38.6 Å². The summed E-state index contributed by atoms with van der Waals surface area (Å²) in [5.74, 6) is 0. The van der Waals surface area contributed by atoms with Crippen molar-refractivity contribution in [1.29, 1.82) is 0 Å². The lowest BCUT2D eigenvalue weighted by Gasteiger charge is -2.01. The Labute approximate surface area is 100 Å². The van der Waals surface area contributed by atoms with Crippen LogP contribution in [-0.2, 0) is 6.54 Å². The summed E-state index contributed by atoms with van der Waals surface area (Å²) in [5.41, 5.74) is 5.54. The minimum Gasteiger partial charge on any atom is -0.393 e. The second kappa shape index (κ2) is 4.82. The average Bonchev–Trinajstić information content (AvgIpc) is 3.00. The van der Waals surface area contributed by atoms with Crippen molar-refractivity contribution >= 4 is 17.2 Å². The average molecular weight is 239 g/mol. The van der Waals surface area contributed by atoms with Gasteiger partial charge in [-0.05, 0) is 32.1 Å². The van der Waals surface area contributed by atoms with Crippen molar-refractivity contribution in [3.05, 3.63) is 22.9 Å². The van der Waals surface area contributed by atoms with E-state index >= 15 is 0 Å². The van der Waals surface area contributed by atoms with Crippen LogP contribution in [-0.4, -0.2) is 14.1 Å². The summed E-state index contributed by atoms with van der Waals surface area (Å²) >= 11 is 4.80. The van der Waals surface area contributed by atoms with Crippen molar-refractivity contribution in [2.45, 2.75) is 44.7 Å². The summed E-state index contributed by atoms with van der Waals surface area (Å²) in [6.45, 7) is 0.765. The second-order valence-corrected chi connectivity index (χ2v) is 4.86. The molecular formula is C11H17N3OS. The van der Waals surface area contributed by atoms with Crippen molar-refractivity contribution in [2.24, 2.45) is 5.73 Å². The number of nitrogens with zero attached hydrogens (tertiary/aromatic N) is 2. The molecule has 1 aromatic rings. The molecule has 16 heavy (non-hydrogen) atoms. The van der Waals surface area contributed by atoms with E-state index in [9.17, 15) is 4.79 Å². The lowest BCUT2D eigenvalue weighted by Crippen LogP contribution is -2.23. The molecule has 2 N–H and O–H groups in total. The predicted molar refractivity (Wildman–Crippen MR) is 67.6 cm³/mol. The topological polar surface area (TPSA) is 52.9 Å². The number of hydrogen-bond acceptors (Lipinski definition) is 2. The fourth-order valence-corrected chi connectivity index (χ4v) is 1.95. The highest BCUT2D eigenvalue weighted by Gasteiger charge is 2.25. The SMILES string of the molecule is NC(=S)CCCCn1ccn(C2CC2)c1=O. The third-order valence-electron chi connectivity index (χ3n) is 2.89. The smallest absolute Gasteiger partial charge is 0.328 e. The van der Waals surface area contributed by atoms with Crippen LogP contribution in [0.1, 0.15) is 38.1 Å². The zero-order chi connectivity index (χ0) is 11.5. The lowest BCUT2D eigenvalue weighted by atomic mass is 10.2. The number of aryl methyl sites for hydroxylation is 1. The van der Waals surface area contributed by atoms with E-state index in [-0.39, 0.29) is 5.69 Å². The molecule has 1 heterocycles. The third kappa shape index (κ3) is 2.72. The van der Waals surface area contributed by atoms with Crippen LogP contribution < -0.4 is 11.4 Å². The van der Waals surface area contributed by atoms with E-state index in [0.29, 0.717) is 11.0 Å². The Morgan fingerprint density at radius 3 is 2.81 bits per heavy atom. The molecule has 0 aliphatic heterocycles. The van der Waals surface area contributed by atoms with Crippen LogP contribution in [0.3, 0.4) is 0 Å². The Hall–Kier alpha value is -1.10. The van der Waals surface area contributed by atoms with Gasteiger partial charge in [0.1, 0.15) is 0 Å². The molecule has 0 amide bonds. The van der Waals surface area contributed by atoms with Crippen molar-refractivity contribution < 1.29 is 0 Å². The molecule has 0 saturated heterocycles. The minimum atomic E-state index is 0.123. The maximum absolute atomic E-state index is 11.9. The molecule has 1 aliphatic carbocycles. The molecule has 0 aromatic carbocycles. The number of nitrogens with two attached hydrogens (primary N) is 1. The highest BCUT2D eigenvalue weighted by molar-refractivity contribution is 7.80. The molecule has 1 aromatic heterocycles. The molecule has 0 unspecified atom stereocenters. The zero-order valence-electron chi connectivity index (χ0n) is 9.26. The molecule has 0 bridgehead atoms. The first kappa shape index (κ1) is 11.4. The highest BCUT2D eigenvalue weighted by atomic mass is 32.1. The van der Waals surface area contributed by atoms with Gasteiger partial charge in [0.05, 0.1) is 4.99 Å². The minimum absolute atomic E-state index is 0.123. The summed E-state index contributed by atoms with van der Waals surface area (Å²) in [7, 11) is 0. The van der Waals surface area contributed by atoms with Gasteiger partial charge in [-0.3, -0.25) is 9.13 Å². The lowest BCUT2D eigenvalue weighted by molar-refractivity contribution is 0.579. The van der Waals surface area contributed by atoms with Crippen molar-refractivity contribution in [3.63, 3.8) is 0 Å². The van der Waals surface area contributed by atoms with Crippen LogP contribution in [0.25, 0.3) is 0 Å². The molecule has 5 heteroatoms. The Bertz CT molecular complexity index is 431. The van der Waals surface area contributed by atoms with Crippen LogP contribution in [0.2, 0.25) is 0 Å². The first-order valence-corrected chi connectivity index (χ1v) is 6.15. The summed E-state index contributed by atoms with van der Waals surface area (Å²) in [4.78, 5) is 12.4. The second-order valence-electron chi connectivity index (χ2n) is 4.34. The van der Waals surface area contributed by atoms with E-state index in [1.54, 1.807) is 4.57 Å². The number of unbranched alkanes of at least 4 members (excludes halogenated alkanes) is 1. The number of imidazole rings is 1. The summed E-state index contributed by atoms with van der Waals surface area (Å²) in [6.07, 6.45) is 8.74. The Kier molecular flexibility index (Phi) is 3.43. The molecule has 88 valence electrons. The van der Waals surface area contributed by atoms with E-state index in [4.69, 9.17) is 18.0 Å². The van der Waals surface area contributed by atoms with Crippen molar-refractivity contribution in [2.75, 3.05) is 0 Å². The van der Waals surface area contributed by atoms with Crippen LogP contribution >= 0.6 is 12.2 Å². The number of thiocarbonyl (C=S) groups is 1. The van der Waals surface area contributed by atoms with Gasteiger partial charge in [-0.1, -0.05) is 12.2 Å². The van der Waals surface area contributed by atoms with Gasteiger partial charge in [0.2, 0.25) is 0 Å². The van der Waals surface area contributed by atoms with Gasteiger partial charge in [-0.15, -0.1) is 0 Å². The molecule has 0 radical (unpaired) electrons. The van der Waals surface area contributed by atoms with Gasteiger partial charge < -0.3 is 5.73 Å². The molecule has 1 saturated carbocycles.